The molecule has 1 amide bonds. The van der Waals surface area contributed by atoms with Crippen LogP contribution in [0.3, 0.4) is 0 Å². The lowest BCUT2D eigenvalue weighted by atomic mass is 10.2. The summed E-state index contributed by atoms with van der Waals surface area (Å²) in [5, 5.41) is 3.39. The first kappa shape index (κ1) is 12.8. The van der Waals surface area contributed by atoms with Gasteiger partial charge in [-0.05, 0) is 12.5 Å². The van der Waals surface area contributed by atoms with Crippen LogP contribution in [0.5, 0.6) is 0 Å². The van der Waals surface area contributed by atoms with E-state index in [1.165, 1.54) is 18.9 Å². The molecule has 0 spiro atoms. The zero-order chi connectivity index (χ0) is 13.3. The molecule has 18 heavy (non-hydrogen) atoms. The molecule has 0 radical (unpaired) electrons. The number of aromatic nitrogens is 1. The fraction of sp³-hybridized carbons (Fsp3) is 0.333. The minimum Gasteiger partial charge on any atom is -0.465 e. The van der Waals surface area contributed by atoms with Gasteiger partial charge in [-0.25, -0.2) is 4.79 Å². The van der Waals surface area contributed by atoms with Crippen LogP contribution in [-0.4, -0.2) is 36.4 Å². The number of hydrogen-bond donors (Lipinski definition) is 1. The van der Waals surface area contributed by atoms with Gasteiger partial charge in [0.2, 0.25) is 5.91 Å². The Morgan fingerprint density at radius 1 is 1.56 bits per heavy atom. The van der Waals surface area contributed by atoms with Crippen LogP contribution in [0.15, 0.2) is 17.3 Å². The number of thioether (sulfide) groups is 1. The van der Waals surface area contributed by atoms with Gasteiger partial charge >= 0.3 is 5.97 Å². The highest BCUT2D eigenvalue weighted by Crippen LogP contribution is 2.38. The number of carbonyl (C=O) groups is 2. The van der Waals surface area contributed by atoms with Crippen LogP contribution in [0.4, 0.5) is 0 Å². The van der Waals surface area contributed by atoms with Gasteiger partial charge in [-0.2, -0.15) is 0 Å². The molecule has 1 aromatic rings. The molecular formula is C12H14N2O3S. The van der Waals surface area contributed by atoms with Crippen molar-refractivity contribution in [1.82, 2.24) is 9.88 Å². The number of likely N-dealkylation sites (N-methyl/N-ethyl adjacent to an activating group) is 1. The normalized spacial score (nSPS) is 15.6. The summed E-state index contributed by atoms with van der Waals surface area (Å²) in [6, 6.07) is 0. The molecular weight excluding hydrogens is 252 g/mol. The van der Waals surface area contributed by atoms with Crippen LogP contribution >= 0.6 is 11.8 Å². The quantitative estimate of drug-likeness (QED) is 0.647. The van der Waals surface area contributed by atoms with Crippen molar-refractivity contribution in [2.75, 3.05) is 19.9 Å². The molecule has 0 aromatic carbocycles. The molecule has 0 unspecified atom stereocenters. The maximum Gasteiger partial charge on any atom is 0.340 e. The van der Waals surface area contributed by atoms with Crippen molar-refractivity contribution < 1.29 is 14.3 Å². The molecule has 1 N–H and O–H groups in total. The number of carbonyl (C=O) groups excluding carboxylic acids is 2. The third-order valence-corrected chi connectivity index (χ3v) is 3.86. The Morgan fingerprint density at radius 3 is 2.89 bits per heavy atom. The second-order valence-electron chi connectivity index (χ2n) is 3.89. The average molecular weight is 266 g/mol. The van der Waals surface area contributed by atoms with Crippen LogP contribution in [0.2, 0.25) is 0 Å². The van der Waals surface area contributed by atoms with Crippen molar-refractivity contribution in [2.45, 2.75) is 11.9 Å². The number of ether oxygens (including phenoxy) is 1. The van der Waals surface area contributed by atoms with E-state index in [2.05, 4.69) is 5.32 Å². The van der Waals surface area contributed by atoms with Crippen molar-refractivity contribution in [3.8, 4) is 0 Å². The number of aryl methyl sites for hydroxylation is 1. The Morgan fingerprint density at radius 2 is 2.28 bits per heavy atom. The van der Waals surface area contributed by atoms with Gasteiger partial charge in [-0.15, -0.1) is 11.8 Å². The van der Waals surface area contributed by atoms with E-state index < -0.39 is 0 Å². The summed E-state index contributed by atoms with van der Waals surface area (Å²) in [6.45, 7) is 1.86. The predicted molar refractivity (Wildman–Crippen MR) is 69.6 cm³/mol. The van der Waals surface area contributed by atoms with Gasteiger partial charge in [0.1, 0.15) is 0 Å². The molecule has 1 aliphatic rings. The van der Waals surface area contributed by atoms with Crippen LogP contribution in [-0.2, 0) is 9.53 Å². The molecule has 5 nitrogen and oxygen atoms in total. The SMILES string of the molecule is CNC(=O)C=C1CSc2c(C(=O)OC)c(C)cn21. The van der Waals surface area contributed by atoms with E-state index in [9.17, 15) is 9.59 Å². The summed E-state index contributed by atoms with van der Waals surface area (Å²) in [7, 11) is 2.95. The van der Waals surface area contributed by atoms with Crippen LogP contribution < -0.4 is 5.32 Å². The van der Waals surface area contributed by atoms with Crippen LogP contribution in [0.1, 0.15) is 15.9 Å². The maximum absolute atomic E-state index is 11.7. The number of esters is 1. The van der Waals surface area contributed by atoms with Crippen molar-refractivity contribution >= 4 is 29.3 Å². The van der Waals surface area contributed by atoms with Gasteiger partial charge in [0.25, 0.3) is 0 Å². The number of nitrogens with one attached hydrogen (secondary N) is 1. The highest BCUT2D eigenvalue weighted by molar-refractivity contribution is 8.00. The first-order valence-electron chi connectivity index (χ1n) is 5.44. The van der Waals surface area contributed by atoms with Crippen molar-refractivity contribution in [1.29, 1.82) is 0 Å². The van der Waals surface area contributed by atoms with Crippen LogP contribution in [0, 0.1) is 6.92 Å². The number of amides is 1. The van der Waals surface area contributed by atoms with E-state index in [1.54, 1.807) is 13.1 Å². The molecule has 2 heterocycles. The number of nitrogens with zero attached hydrogens (tertiary/aromatic N) is 1. The predicted octanol–water partition coefficient (Wildman–Crippen LogP) is 1.28. The Balaban J connectivity index is 2.45. The van der Waals surface area contributed by atoms with E-state index in [-0.39, 0.29) is 11.9 Å². The lowest BCUT2D eigenvalue weighted by Crippen LogP contribution is -2.15. The Hall–Kier alpha value is -1.69. The Labute approximate surface area is 109 Å². The fourth-order valence-electron chi connectivity index (χ4n) is 1.86. The maximum atomic E-state index is 11.7. The summed E-state index contributed by atoms with van der Waals surface area (Å²) >= 11 is 1.53. The first-order valence-corrected chi connectivity index (χ1v) is 6.42. The van der Waals surface area contributed by atoms with Gasteiger partial charge in [0.05, 0.1) is 17.7 Å². The van der Waals surface area contributed by atoms with Crippen molar-refractivity contribution in [3.05, 3.63) is 23.4 Å². The number of fused-ring (bicyclic) bond motifs is 1. The van der Waals surface area contributed by atoms with E-state index >= 15 is 0 Å². The summed E-state index contributed by atoms with van der Waals surface area (Å²) in [5.74, 6) is 0.187. The summed E-state index contributed by atoms with van der Waals surface area (Å²) in [6.07, 6.45) is 3.40. The third-order valence-electron chi connectivity index (χ3n) is 2.75. The second kappa shape index (κ2) is 4.89. The number of hydrogen-bond acceptors (Lipinski definition) is 4. The molecule has 0 bridgehead atoms. The van der Waals surface area contributed by atoms with Crippen molar-refractivity contribution in [3.63, 3.8) is 0 Å². The third kappa shape index (κ3) is 2.03. The number of rotatable bonds is 2. The molecule has 0 fully saturated rings. The minimum atomic E-state index is -0.338. The largest absolute Gasteiger partial charge is 0.465 e. The molecule has 0 aliphatic carbocycles. The summed E-state index contributed by atoms with van der Waals surface area (Å²) in [4.78, 5) is 23.1. The smallest absolute Gasteiger partial charge is 0.340 e. The second-order valence-corrected chi connectivity index (χ2v) is 4.86. The van der Waals surface area contributed by atoms with Crippen molar-refractivity contribution in [2.24, 2.45) is 0 Å². The molecule has 0 saturated heterocycles. The van der Waals surface area contributed by atoms with E-state index in [4.69, 9.17) is 4.74 Å². The number of methoxy groups -OCH3 is 1. The summed E-state index contributed by atoms with van der Waals surface area (Å²) < 4.78 is 6.65. The highest BCUT2D eigenvalue weighted by Gasteiger charge is 2.27. The highest BCUT2D eigenvalue weighted by atomic mass is 32.2. The van der Waals surface area contributed by atoms with Gasteiger partial charge in [-0.3, -0.25) is 4.79 Å². The fourth-order valence-corrected chi connectivity index (χ4v) is 3.06. The van der Waals surface area contributed by atoms with Gasteiger partial charge in [0, 0.05) is 30.8 Å². The van der Waals surface area contributed by atoms with Gasteiger partial charge in [-0.1, -0.05) is 0 Å². The molecule has 1 aliphatic heterocycles. The standard InChI is InChI=1S/C12H14N2O3S/c1-7-5-14-8(4-9(15)13-2)6-18-11(14)10(7)12(16)17-3/h4-5H,6H2,1-3H3,(H,13,15). The zero-order valence-corrected chi connectivity index (χ0v) is 11.3. The molecule has 0 atom stereocenters. The average Bonchev–Trinajstić information content (AvgIpc) is 2.87. The van der Waals surface area contributed by atoms with Crippen LogP contribution in [0.25, 0.3) is 5.70 Å². The Kier molecular flexibility index (Phi) is 3.47. The molecule has 6 heteroatoms. The first-order chi connectivity index (χ1) is 8.58. The lowest BCUT2D eigenvalue weighted by molar-refractivity contribution is -0.116. The topological polar surface area (TPSA) is 60.3 Å². The van der Waals surface area contributed by atoms with Gasteiger partial charge in [0.15, 0.2) is 0 Å². The molecule has 96 valence electrons. The Bertz CT molecular complexity index is 546. The molecule has 2 rings (SSSR count). The minimum absolute atomic E-state index is 0.149. The van der Waals surface area contributed by atoms with E-state index in [1.807, 2.05) is 17.7 Å². The lowest BCUT2D eigenvalue weighted by Gasteiger charge is -2.00. The summed E-state index contributed by atoms with van der Waals surface area (Å²) in [5.41, 5.74) is 2.31. The zero-order valence-electron chi connectivity index (χ0n) is 10.4. The van der Waals surface area contributed by atoms with Gasteiger partial charge < -0.3 is 14.6 Å². The monoisotopic (exact) mass is 266 g/mol. The molecule has 0 saturated carbocycles. The van der Waals surface area contributed by atoms with E-state index in [0.717, 1.165) is 16.3 Å². The molecule has 1 aromatic heterocycles. The van der Waals surface area contributed by atoms with E-state index in [0.29, 0.717) is 11.3 Å².